The largest absolute Gasteiger partial charge is 0.448 e. The average Bonchev–Trinajstić information content (AvgIpc) is 2.83. The molecular formula is C18H15N5OS. The van der Waals surface area contributed by atoms with Gasteiger partial charge in [0.1, 0.15) is 0 Å². The summed E-state index contributed by atoms with van der Waals surface area (Å²) in [5, 5.41) is 12.5. The molecule has 0 spiro atoms. The van der Waals surface area contributed by atoms with Gasteiger partial charge < -0.3 is 10.1 Å². The van der Waals surface area contributed by atoms with E-state index in [4.69, 9.17) is 4.74 Å². The first-order chi connectivity index (χ1) is 12.3. The van der Waals surface area contributed by atoms with Crippen molar-refractivity contribution in [3.05, 3.63) is 67.0 Å². The van der Waals surface area contributed by atoms with E-state index in [1.54, 1.807) is 18.5 Å². The van der Waals surface area contributed by atoms with Crippen molar-refractivity contribution in [3.8, 4) is 17.1 Å². The van der Waals surface area contributed by atoms with Gasteiger partial charge in [0.25, 0.3) is 0 Å². The lowest BCUT2D eigenvalue weighted by Gasteiger charge is -2.18. The first-order valence-corrected chi connectivity index (χ1v) is 8.74. The number of rotatable bonds is 4. The number of ether oxygens (including phenoxy) is 1. The van der Waals surface area contributed by atoms with Crippen LogP contribution in [-0.4, -0.2) is 25.9 Å². The van der Waals surface area contributed by atoms with E-state index in [9.17, 15) is 0 Å². The predicted molar refractivity (Wildman–Crippen MR) is 97.4 cm³/mol. The Morgan fingerprint density at radius 1 is 1.20 bits per heavy atom. The number of para-hydroxylation sites is 1. The Labute approximate surface area is 149 Å². The number of anilines is 1. The highest BCUT2D eigenvalue weighted by molar-refractivity contribution is 7.99. The van der Waals surface area contributed by atoms with Gasteiger partial charge in [0, 0.05) is 35.0 Å². The number of nitrogens with one attached hydrogen (secondary N) is 1. The Morgan fingerprint density at radius 3 is 2.96 bits per heavy atom. The van der Waals surface area contributed by atoms with Crippen LogP contribution in [0.25, 0.3) is 11.3 Å². The molecule has 1 atom stereocenters. The number of hydrogen-bond donors (Lipinski definition) is 1. The Balaban J connectivity index is 1.80. The van der Waals surface area contributed by atoms with Gasteiger partial charge in [0.05, 0.1) is 0 Å². The van der Waals surface area contributed by atoms with E-state index in [0.717, 1.165) is 16.8 Å². The average molecular weight is 349 g/mol. The molecule has 1 aliphatic rings. The molecule has 124 valence electrons. The molecule has 25 heavy (non-hydrogen) atoms. The smallest absolute Gasteiger partial charge is 0.247 e. The molecule has 3 heterocycles. The van der Waals surface area contributed by atoms with Crippen molar-refractivity contribution in [1.29, 1.82) is 0 Å². The third-order valence-corrected chi connectivity index (χ3v) is 4.48. The lowest BCUT2D eigenvalue weighted by Crippen LogP contribution is -2.17. The van der Waals surface area contributed by atoms with Gasteiger partial charge in [-0.05, 0) is 12.1 Å². The van der Waals surface area contributed by atoms with Crippen molar-refractivity contribution in [2.24, 2.45) is 0 Å². The van der Waals surface area contributed by atoms with Crippen LogP contribution in [-0.2, 0) is 0 Å². The SMILES string of the molecule is C=CCSc1nnc2c(n1)O[C@H](c1cccnc1)Nc1ccccc1-2. The molecule has 2 aromatic heterocycles. The molecule has 6 nitrogen and oxygen atoms in total. The molecule has 0 unspecified atom stereocenters. The Bertz CT molecular complexity index is 903. The zero-order valence-electron chi connectivity index (χ0n) is 13.3. The molecule has 0 amide bonds. The van der Waals surface area contributed by atoms with Gasteiger partial charge in [-0.15, -0.1) is 16.8 Å². The van der Waals surface area contributed by atoms with E-state index >= 15 is 0 Å². The first-order valence-electron chi connectivity index (χ1n) is 7.76. The van der Waals surface area contributed by atoms with Crippen molar-refractivity contribution < 1.29 is 4.74 Å². The number of hydrogen-bond acceptors (Lipinski definition) is 7. The van der Waals surface area contributed by atoms with Crippen molar-refractivity contribution in [3.63, 3.8) is 0 Å². The van der Waals surface area contributed by atoms with Gasteiger partial charge in [-0.3, -0.25) is 4.98 Å². The first kappa shape index (κ1) is 15.6. The van der Waals surface area contributed by atoms with E-state index in [1.165, 1.54) is 11.8 Å². The van der Waals surface area contributed by atoms with E-state index in [-0.39, 0.29) is 0 Å². The minimum Gasteiger partial charge on any atom is -0.448 e. The van der Waals surface area contributed by atoms with Crippen molar-refractivity contribution >= 4 is 17.4 Å². The number of aromatic nitrogens is 4. The summed E-state index contributed by atoms with van der Waals surface area (Å²) in [6, 6.07) is 11.7. The minimum atomic E-state index is -0.412. The maximum atomic E-state index is 6.14. The number of pyridine rings is 1. The third-order valence-electron chi connectivity index (χ3n) is 3.65. The summed E-state index contributed by atoms with van der Waals surface area (Å²) in [5.41, 5.74) is 3.35. The molecule has 0 saturated carbocycles. The van der Waals surface area contributed by atoms with Gasteiger partial charge in [-0.2, -0.15) is 4.98 Å². The van der Waals surface area contributed by atoms with Crippen LogP contribution in [0.5, 0.6) is 5.88 Å². The zero-order valence-corrected chi connectivity index (χ0v) is 14.1. The van der Waals surface area contributed by atoms with Gasteiger partial charge in [0.2, 0.25) is 11.0 Å². The van der Waals surface area contributed by atoms with Crippen LogP contribution >= 0.6 is 11.8 Å². The predicted octanol–water partition coefficient (Wildman–Crippen LogP) is 3.71. The number of thioether (sulfide) groups is 1. The molecule has 0 bridgehead atoms. The van der Waals surface area contributed by atoms with Crippen LogP contribution in [0.15, 0.2) is 66.6 Å². The lowest BCUT2D eigenvalue weighted by atomic mass is 10.1. The molecule has 0 aliphatic carbocycles. The Hall–Kier alpha value is -2.93. The molecule has 4 rings (SSSR count). The Morgan fingerprint density at radius 2 is 2.12 bits per heavy atom. The molecule has 1 N–H and O–H groups in total. The molecule has 7 heteroatoms. The monoisotopic (exact) mass is 349 g/mol. The summed E-state index contributed by atoms with van der Waals surface area (Å²) < 4.78 is 6.14. The van der Waals surface area contributed by atoms with Gasteiger partial charge >= 0.3 is 0 Å². The zero-order chi connectivity index (χ0) is 17.1. The van der Waals surface area contributed by atoms with Crippen molar-refractivity contribution in [1.82, 2.24) is 20.2 Å². The number of benzene rings is 1. The highest BCUT2D eigenvalue weighted by Crippen LogP contribution is 2.39. The number of fused-ring (bicyclic) bond motifs is 3. The summed E-state index contributed by atoms with van der Waals surface area (Å²) in [6.45, 7) is 3.71. The van der Waals surface area contributed by atoms with E-state index in [0.29, 0.717) is 22.5 Å². The second kappa shape index (κ2) is 6.90. The maximum Gasteiger partial charge on any atom is 0.247 e. The number of nitrogens with zero attached hydrogens (tertiary/aromatic N) is 4. The normalized spacial score (nSPS) is 15.1. The highest BCUT2D eigenvalue weighted by Gasteiger charge is 2.25. The van der Waals surface area contributed by atoms with Crippen LogP contribution in [0.3, 0.4) is 0 Å². The molecule has 0 radical (unpaired) electrons. The van der Waals surface area contributed by atoms with Crippen LogP contribution in [0.4, 0.5) is 5.69 Å². The minimum absolute atomic E-state index is 0.412. The quantitative estimate of drug-likeness (QED) is 0.568. The van der Waals surface area contributed by atoms with E-state index in [2.05, 4.69) is 32.1 Å². The summed E-state index contributed by atoms with van der Waals surface area (Å²) in [4.78, 5) is 8.72. The van der Waals surface area contributed by atoms with Crippen LogP contribution in [0.1, 0.15) is 11.8 Å². The fourth-order valence-electron chi connectivity index (χ4n) is 2.52. The Kier molecular flexibility index (Phi) is 4.30. The van der Waals surface area contributed by atoms with Crippen molar-refractivity contribution in [2.75, 3.05) is 11.1 Å². The summed E-state index contributed by atoms with van der Waals surface area (Å²) >= 11 is 1.46. The summed E-state index contributed by atoms with van der Waals surface area (Å²) in [6.07, 6.45) is 4.89. The second-order valence-corrected chi connectivity index (χ2v) is 6.31. The van der Waals surface area contributed by atoms with Crippen LogP contribution in [0, 0.1) is 0 Å². The summed E-state index contributed by atoms with van der Waals surface area (Å²) in [7, 11) is 0. The fraction of sp³-hybridized carbons (Fsp3) is 0.111. The van der Waals surface area contributed by atoms with Crippen LogP contribution < -0.4 is 10.1 Å². The van der Waals surface area contributed by atoms with Gasteiger partial charge in [0.15, 0.2) is 11.9 Å². The third kappa shape index (κ3) is 3.18. The van der Waals surface area contributed by atoms with Crippen LogP contribution in [0.2, 0.25) is 0 Å². The van der Waals surface area contributed by atoms with E-state index < -0.39 is 6.23 Å². The van der Waals surface area contributed by atoms with Gasteiger partial charge in [-0.1, -0.05) is 42.1 Å². The second-order valence-electron chi connectivity index (χ2n) is 5.32. The van der Waals surface area contributed by atoms with Crippen molar-refractivity contribution in [2.45, 2.75) is 11.4 Å². The topological polar surface area (TPSA) is 72.8 Å². The standard InChI is InChI=1S/C18H15N5OS/c1-2-10-25-18-21-17-15(22-23-18)13-7-3-4-8-14(13)20-16(24-17)12-6-5-9-19-11-12/h2-9,11,16,20H,1,10H2/t16-/m1/s1. The van der Waals surface area contributed by atoms with Gasteiger partial charge in [-0.25, -0.2) is 0 Å². The summed E-state index contributed by atoms with van der Waals surface area (Å²) in [5.74, 6) is 1.16. The van der Waals surface area contributed by atoms with E-state index in [1.807, 2.05) is 36.4 Å². The molecule has 0 fully saturated rings. The fourth-order valence-corrected chi connectivity index (χ4v) is 3.04. The molecular weight excluding hydrogens is 334 g/mol. The molecule has 1 aliphatic heterocycles. The maximum absolute atomic E-state index is 6.14. The lowest BCUT2D eigenvalue weighted by molar-refractivity contribution is 0.225. The highest BCUT2D eigenvalue weighted by atomic mass is 32.2. The molecule has 1 aromatic carbocycles. The molecule has 3 aromatic rings. The molecule has 0 saturated heterocycles.